The molecule has 5 N–H and O–H groups in total. The summed E-state index contributed by atoms with van der Waals surface area (Å²) in [6.07, 6.45) is 0.742. The standard InChI is InChI=1S/C19H36N2O4.C11H21NO4.C7H16N2O/c1-7-15(3)17(20-18(23)25-19(4,5)6)16(22)12-14(2)13-21-8-10-24-11-9-21;1-6-7(2)8(9(13)14)12-10(15)16-11(3,4)5;1-7(8)6-9-2-4-10-5-3-9/h14-15,17H,7-13H2,1-6H3,(H,20,23);7-8H,6H2,1-5H3,(H,12,15)(H,13,14);7H,2-6,8H2,1H3/t14-,15+,17+;7-,8-;7-/m100/s1. The zero-order valence-corrected chi connectivity index (χ0v) is 33.8. The largest absolute Gasteiger partial charge is 0.480 e. The summed E-state index contributed by atoms with van der Waals surface area (Å²) in [5, 5.41) is 14.1. The van der Waals surface area contributed by atoms with Gasteiger partial charge < -0.3 is 40.4 Å². The molecule has 0 spiro atoms. The van der Waals surface area contributed by atoms with Gasteiger partial charge in [0.15, 0.2) is 5.78 Å². The van der Waals surface area contributed by atoms with Crippen LogP contribution in [0.2, 0.25) is 0 Å². The molecule has 2 amide bonds. The predicted octanol–water partition coefficient (Wildman–Crippen LogP) is 4.53. The summed E-state index contributed by atoms with van der Waals surface area (Å²) in [4.78, 5) is 51.9. The van der Waals surface area contributed by atoms with Crippen LogP contribution in [0.1, 0.15) is 102 Å². The molecule has 0 radical (unpaired) electrons. The number of ketones is 1. The van der Waals surface area contributed by atoms with Crippen molar-refractivity contribution >= 4 is 23.9 Å². The van der Waals surface area contributed by atoms with Gasteiger partial charge in [0, 0.05) is 51.7 Å². The first-order valence-corrected chi connectivity index (χ1v) is 18.7. The molecule has 0 aromatic heterocycles. The molecule has 14 heteroatoms. The summed E-state index contributed by atoms with van der Waals surface area (Å²) in [5.74, 6) is -0.764. The average molecular weight is 732 g/mol. The predicted molar refractivity (Wildman–Crippen MR) is 200 cm³/mol. The SMILES string of the molecule is CC[C@H](C)[C@H](NC(=O)OC(C)(C)C)C(=O)C[C@@H](C)CN1CCOCC1.CC[C@H](C)[C@H](NC(=O)OC(C)(C)C)C(=O)O.C[C@H](N)CN1CCOCC1. The summed E-state index contributed by atoms with van der Waals surface area (Å²) in [7, 11) is 0. The fourth-order valence-corrected chi connectivity index (χ4v) is 5.28. The van der Waals surface area contributed by atoms with Gasteiger partial charge in [-0.05, 0) is 66.2 Å². The molecule has 51 heavy (non-hydrogen) atoms. The van der Waals surface area contributed by atoms with E-state index in [4.69, 9.17) is 29.8 Å². The van der Waals surface area contributed by atoms with Gasteiger partial charge in [0.2, 0.25) is 0 Å². The van der Waals surface area contributed by atoms with Crippen LogP contribution in [0.15, 0.2) is 0 Å². The molecule has 0 aromatic carbocycles. The maximum atomic E-state index is 12.8. The number of carbonyl (C=O) groups excluding carboxylic acids is 3. The van der Waals surface area contributed by atoms with Crippen LogP contribution in [0.25, 0.3) is 0 Å². The van der Waals surface area contributed by atoms with Crippen LogP contribution < -0.4 is 16.4 Å². The lowest BCUT2D eigenvalue weighted by atomic mass is 9.90. The smallest absolute Gasteiger partial charge is 0.408 e. The van der Waals surface area contributed by atoms with E-state index >= 15 is 0 Å². The number of carboxylic acid groups (broad SMARTS) is 1. The maximum Gasteiger partial charge on any atom is 0.408 e. The molecule has 0 bridgehead atoms. The molecule has 14 nitrogen and oxygen atoms in total. The van der Waals surface area contributed by atoms with Crippen LogP contribution in [-0.4, -0.2) is 134 Å². The molecule has 2 aliphatic rings. The van der Waals surface area contributed by atoms with Crippen molar-refractivity contribution < 1.29 is 43.2 Å². The third-order valence-electron chi connectivity index (χ3n) is 8.26. The number of morpholine rings is 2. The monoisotopic (exact) mass is 732 g/mol. The number of alkyl carbamates (subject to hydrolysis) is 2. The minimum absolute atomic E-state index is 0.0793. The number of Topliss-reactive ketones (excluding diaryl/α,β-unsaturated/α-hetero) is 1. The number of nitrogens with zero attached hydrogens (tertiary/aromatic N) is 2. The van der Waals surface area contributed by atoms with Crippen LogP contribution in [-0.2, 0) is 28.5 Å². The third-order valence-corrected chi connectivity index (χ3v) is 8.26. The Bertz CT molecular complexity index is 1000. The highest BCUT2D eigenvalue weighted by Gasteiger charge is 2.30. The average Bonchev–Trinajstić information content (AvgIpc) is 3.01. The van der Waals surface area contributed by atoms with Crippen molar-refractivity contribution in [1.29, 1.82) is 0 Å². The van der Waals surface area contributed by atoms with Crippen molar-refractivity contribution in [2.24, 2.45) is 23.5 Å². The number of nitrogens with two attached hydrogens (primary N) is 1. The van der Waals surface area contributed by atoms with Gasteiger partial charge in [-0.2, -0.15) is 0 Å². The minimum Gasteiger partial charge on any atom is -0.480 e. The fraction of sp³-hybridized carbons (Fsp3) is 0.892. The number of hydrogen-bond donors (Lipinski definition) is 4. The van der Waals surface area contributed by atoms with Gasteiger partial charge in [-0.1, -0.05) is 47.5 Å². The molecule has 6 atom stereocenters. The number of ether oxygens (including phenoxy) is 4. The zero-order valence-electron chi connectivity index (χ0n) is 33.8. The maximum absolute atomic E-state index is 12.8. The van der Waals surface area contributed by atoms with Crippen molar-refractivity contribution in [3.8, 4) is 0 Å². The van der Waals surface area contributed by atoms with Crippen LogP contribution in [0.4, 0.5) is 9.59 Å². The highest BCUT2D eigenvalue weighted by atomic mass is 16.6. The van der Waals surface area contributed by atoms with Crippen molar-refractivity contribution in [3.63, 3.8) is 0 Å². The molecule has 0 aromatic rings. The van der Waals surface area contributed by atoms with E-state index < -0.39 is 41.4 Å². The molecule has 2 saturated heterocycles. The number of carboxylic acids is 1. The first-order chi connectivity index (χ1) is 23.6. The van der Waals surface area contributed by atoms with Crippen molar-refractivity contribution in [1.82, 2.24) is 20.4 Å². The van der Waals surface area contributed by atoms with Crippen LogP contribution >= 0.6 is 0 Å². The quantitative estimate of drug-likeness (QED) is 0.196. The summed E-state index contributed by atoms with van der Waals surface area (Å²) in [5.41, 5.74) is 4.45. The Hall–Kier alpha value is -2.52. The van der Waals surface area contributed by atoms with Gasteiger partial charge in [0.05, 0.1) is 32.5 Å². The van der Waals surface area contributed by atoms with Crippen molar-refractivity contribution in [2.45, 2.75) is 132 Å². The second-order valence-corrected chi connectivity index (χ2v) is 15.9. The number of hydrogen-bond acceptors (Lipinski definition) is 11. The Labute approximate surface area is 308 Å². The fourth-order valence-electron chi connectivity index (χ4n) is 5.28. The van der Waals surface area contributed by atoms with E-state index in [-0.39, 0.29) is 29.6 Å². The van der Waals surface area contributed by atoms with Crippen LogP contribution in [0.3, 0.4) is 0 Å². The van der Waals surface area contributed by atoms with Gasteiger partial charge in [-0.15, -0.1) is 0 Å². The molecule has 2 aliphatic heterocycles. The number of amides is 2. The van der Waals surface area contributed by atoms with Gasteiger partial charge in [0.25, 0.3) is 0 Å². The summed E-state index contributed by atoms with van der Waals surface area (Å²) >= 11 is 0. The molecule has 0 unspecified atom stereocenters. The first kappa shape index (κ1) is 48.5. The zero-order chi connectivity index (χ0) is 39.4. The lowest BCUT2D eigenvalue weighted by Crippen LogP contribution is -2.47. The first-order valence-electron chi connectivity index (χ1n) is 18.7. The van der Waals surface area contributed by atoms with E-state index in [2.05, 4.69) is 27.4 Å². The van der Waals surface area contributed by atoms with Crippen LogP contribution in [0.5, 0.6) is 0 Å². The third kappa shape index (κ3) is 24.4. The second kappa shape index (κ2) is 24.7. The summed E-state index contributed by atoms with van der Waals surface area (Å²) in [6, 6.07) is -1.11. The topological polar surface area (TPSA) is 182 Å². The molecule has 2 heterocycles. The Morgan fingerprint density at radius 1 is 0.706 bits per heavy atom. The summed E-state index contributed by atoms with van der Waals surface area (Å²) in [6.45, 7) is 31.5. The second-order valence-electron chi connectivity index (χ2n) is 15.9. The minimum atomic E-state index is -1.04. The Morgan fingerprint density at radius 3 is 1.43 bits per heavy atom. The summed E-state index contributed by atoms with van der Waals surface area (Å²) < 4.78 is 20.9. The van der Waals surface area contributed by atoms with E-state index in [1.54, 1.807) is 27.7 Å². The van der Waals surface area contributed by atoms with Gasteiger partial charge >= 0.3 is 18.2 Å². The van der Waals surface area contributed by atoms with Crippen molar-refractivity contribution in [3.05, 3.63) is 0 Å². The number of rotatable bonds is 14. The molecule has 300 valence electrons. The molecule has 0 saturated carbocycles. The highest BCUT2D eigenvalue weighted by molar-refractivity contribution is 5.88. The molecule has 2 fully saturated rings. The van der Waals surface area contributed by atoms with Gasteiger partial charge in [0.1, 0.15) is 17.2 Å². The van der Waals surface area contributed by atoms with E-state index in [1.165, 1.54) is 0 Å². The number of nitrogens with one attached hydrogen (secondary N) is 2. The Morgan fingerprint density at radius 2 is 1.08 bits per heavy atom. The lowest BCUT2D eigenvalue weighted by molar-refractivity contribution is -0.140. The molecular formula is C37H73N5O9. The molecule has 2 rings (SSSR count). The van der Waals surface area contributed by atoms with E-state index in [1.807, 2.05) is 48.5 Å². The Balaban J connectivity index is 0.000000817. The number of carbonyl (C=O) groups is 4. The normalized spacial score (nSPS) is 19.2. The molecule has 0 aliphatic carbocycles. The highest BCUT2D eigenvalue weighted by Crippen LogP contribution is 2.17. The van der Waals surface area contributed by atoms with Crippen molar-refractivity contribution in [2.75, 3.05) is 65.7 Å². The van der Waals surface area contributed by atoms with E-state index in [9.17, 15) is 19.2 Å². The van der Waals surface area contributed by atoms with Gasteiger partial charge in [-0.25, -0.2) is 14.4 Å². The van der Waals surface area contributed by atoms with E-state index in [0.717, 1.165) is 72.1 Å². The molecular weight excluding hydrogens is 658 g/mol. The van der Waals surface area contributed by atoms with Gasteiger partial charge in [-0.3, -0.25) is 14.6 Å². The number of aliphatic carboxylic acids is 1. The van der Waals surface area contributed by atoms with Crippen LogP contribution in [0, 0.1) is 17.8 Å². The Kier molecular flexibility index (Phi) is 23.5. The van der Waals surface area contributed by atoms with E-state index in [0.29, 0.717) is 12.8 Å². The lowest BCUT2D eigenvalue weighted by Gasteiger charge is -2.30.